The Labute approximate surface area is 68.4 Å². The molecular weight excluding hydrogens is 166 g/mol. The average molecular weight is 172 g/mol. The Bertz CT molecular complexity index is 264. The number of hydrogen-bond donors (Lipinski definition) is 1. The van der Waals surface area contributed by atoms with Gasteiger partial charge in [0.05, 0.1) is 0 Å². The van der Waals surface area contributed by atoms with E-state index in [4.69, 9.17) is 17.3 Å². The lowest BCUT2D eigenvalue weighted by molar-refractivity contribution is 1.05. The van der Waals surface area contributed by atoms with Crippen LogP contribution in [0.15, 0.2) is 4.99 Å². The van der Waals surface area contributed by atoms with Crippen molar-refractivity contribution in [1.29, 1.82) is 0 Å². The summed E-state index contributed by atoms with van der Waals surface area (Å²) in [5.74, 6) is 0.301. The Kier molecular flexibility index (Phi) is 2.32. The highest BCUT2D eigenvalue weighted by Crippen LogP contribution is 2.08. The van der Waals surface area contributed by atoms with Gasteiger partial charge in [-0.25, -0.2) is 4.99 Å². The first kappa shape index (κ1) is 7.87. The fourth-order valence-electron chi connectivity index (χ4n) is 0.528. The van der Waals surface area contributed by atoms with Gasteiger partial charge in [-0.3, -0.25) is 0 Å². The molecule has 0 fully saturated rings. The first-order valence-corrected chi connectivity index (χ1v) is 3.26. The van der Waals surface area contributed by atoms with Crippen molar-refractivity contribution in [2.24, 2.45) is 4.99 Å². The molecule has 5 nitrogen and oxygen atoms in total. The Morgan fingerprint density at radius 3 is 2.73 bits per heavy atom. The van der Waals surface area contributed by atoms with Crippen LogP contribution in [-0.2, 0) is 0 Å². The fraction of sp³-hybridized carbons (Fsp3) is 0.200. The summed E-state index contributed by atoms with van der Waals surface area (Å²) >= 11 is 5.47. The molecule has 0 aliphatic rings. The maximum atomic E-state index is 5.47. The third-order valence-corrected chi connectivity index (χ3v) is 1.03. The highest BCUT2D eigenvalue weighted by molar-refractivity contribution is 6.28. The van der Waals surface area contributed by atoms with Crippen LogP contribution < -0.4 is 5.73 Å². The summed E-state index contributed by atoms with van der Waals surface area (Å²) in [7, 11) is 0. The quantitative estimate of drug-likeness (QED) is 0.635. The zero-order valence-electron chi connectivity index (χ0n) is 5.82. The smallest absolute Gasteiger partial charge is 0.255 e. The van der Waals surface area contributed by atoms with Gasteiger partial charge in [0.2, 0.25) is 11.2 Å². The van der Waals surface area contributed by atoms with Gasteiger partial charge in [0.15, 0.2) is 0 Å². The topological polar surface area (TPSA) is 77.0 Å². The lowest BCUT2D eigenvalue weighted by Gasteiger charge is -1.93. The number of rotatable bonds is 1. The zero-order chi connectivity index (χ0) is 8.27. The predicted octanol–water partition coefficient (Wildman–Crippen LogP) is 0.829. The molecule has 1 heterocycles. The monoisotopic (exact) mass is 171 g/mol. The number of halogens is 1. The van der Waals surface area contributed by atoms with Crippen molar-refractivity contribution in [2.75, 3.05) is 5.73 Å². The average Bonchev–Trinajstić information content (AvgIpc) is 1.85. The Hall–Kier alpha value is -1.23. The molecule has 1 aromatic rings. The molecule has 1 aromatic heterocycles. The molecule has 0 unspecified atom stereocenters. The van der Waals surface area contributed by atoms with Crippen LogP contribution in [-0.4, -0.2) is 21.2 Å². The first-order chi connectivity index (χ1) is 5.22. The van der Waals surface area contributed by atoms with Crippen LogP contribution in [0.5, 0.6) is 0 Å². The SMILES string of the molecule is CC=Nc1nc(N)nc(Cl)n1. The summed E-state index contributed by atoms with van der Waals surface area (Å²) in [6.07, 6.45) is 1.55. The summed E-state index contributed by atoms with van der Waals surface area (Å²) in [5, 5.41) is 0.0538. The van der Waals surface area contributed by atoms with Crippen molar-refractivity contribution in [3.63, 3.8) is 0 Å². The van der Waals surface area contributed by atoms with Gasteiger partial charge in [0, 0.05) is 6.21 Å². The Morgan fingerprint density at radius 2 is 2.18 bits per heavy atom. The van der Waals surface area contributed by atoms with Gasteiger partial charge in [-0.1, -0.05) is 0 Å². The van der Waals surface area contributed by atoms with E-state index in [1.807, 2.05) is 0 Å². The molecule has 0 aliphatic heterocycles. The fourth-order valence-corrected chi connectivity index (χ4v) is 0.690. The van der Waals surface area contributed by atoms with Crippen molar-refractivity contribution >= 4 is 29.7 Å². The Morgan fingerprint density at radius 1 is 1.45 bits per heavy atom. The molecule has 1 rings (SSSR count). The summed E-state index contributed by atoms with van der Waals surface area (Å²) < 4.78 is 0. The van der Waals surface area contributed by atoms with E-state index in [1.165, 1.54) is 0 Å². The molecule has 0 bridgehead atoms. The van der Waals surface area contributed by atoms with Crippen molar-refractivity contribution in [2.45, 2.75) is 6.92 Å². The largest absolute Gasteiger partial charge is 0.368 e. The molecule has 0 radical (unpaired) electrons. The second-order valence-corrected chi connectivity index (χ2v) is 1.99. The number of aromatic nitrogens is 3. The van der Waals surface area contributed by atoms with E-state index in [0.717, 1.165) is 0 Å². The summed E-state index contributed by atoms with van der Waals surface area (Å²) in [6.45, 7) is 1.74. The molecule has 0 amide bonds. The summed E-state index contributed by atoms with van der Waals surface area (Å²) in [4.78, 5) is 14.7. The third-order valence-electron chi connectivity index (χ3n) is 0.858. The maximum Gasteiger partial charge on any atom is 0.255 e. The minimum Gasteiger partial charge on any atom is -0.368 e. The van der Waals surface area contributed by atoms with E-state index in [2.05, 4.69) is 19.9 Å². The highest BCUT2D eigenvalue weighted by atomic mass is 35.5. The zero-order valence-corrected chi connectivity index (χ0v) is 6.58. The second-order valence-electron chi connectivity index (χ2n) is 1.65. The number of aliphatic imine (C=N–C) groups is 1. The molecule has 0 spiro atoms. The molecule has 2 N–H and O–H groups in total. The molecule has 0 atom stereocenters. The van der Waals surface area contributed by atoms with Crippen LogP contribution in [0, 0.1) is 0 Å². The third kappa shape index (κ3) is 2.12. The van der Waals surface area contributed by atoms with Crippen molar-refractivity contribution in [3.05, 3.63) is 5.28 Å². The standard InChI is InChI=1S/C5H6ClN5/c1-2-8-5-10-3(6)9-4(7)11-5/h2H,1H3,(H2,7,9,10,11). The van der Waals surface area contributed by atoms with Crippen LogP contribution in [0.2, 0.25) is 5.28 Å². The normalized spacial score (nSPS) is 10.7. The number of anilines is 1. The van der Waals surface area contributed by atoms with Crippen molar-refractivity contribution in [1.82, 2.24) is 15.0 Å². The number of nitrogen functional groups attached to an aromatic ring is 1. The first-order valence-electron chi connectivity index (χ1n) is 2.88. The van der Waals surface area contributed by atoms with Gasteiger partial charge in [-0.05, 0) is 18.5 Å². The molecule has 6 heteroatoms. The summed E-state index contributed by atoms with van der Waals surface area (Å²) in [6, 6.07) is 0. The van der Waals surface area contributed by atoms with Crippen LogP contribution in [0.25, 0.3) is 0 Å². The van der Waals surface area contributed by atoms with Gasteiger partial charge < -0.3 is 5.73 Å². The van der Waals surface area contributed by atoms with Gasteiger partial charge in [-0.2, -0.15) is 15.0 Å². The van der Waals surface area contributed by atoms with E-state index in [0.29, 0.717) is 0 Å². The molecular formula is C5H6ClN5. The van der Waals surface area contributed by atoms with Crippen LogP contribution in [0.3, 0.4) is 0 Å². The molecule has 0 aromatic carbocycles. The minimum absolute atomic E-state index is 0.0538. The molecule has 0 saturated heterocycles. The highest BCUT2D eigenvalue weighted by Gasteiger charge is 1.98. The molecule has 0 saturated carbocycles. The molecule has 11 heavy (non-hydrogen) atoms. The van der Waals surface area contributed by atoms with Crippen molar-refractivity contribution in [3.8, 4) is 0 Å². The number of nitrogens with zero attached hydrogens (tertiary/aromatic N) is 4. The maximum absolute atomic E-state index is 5.47. The van der Waals surface area contributed by atoms with Crippen LogP contribution in [0.1, 0.15) is 6.92 Å². The van der Waals surface area contributed by atoms with E-state index in [9.17, 15) is 0 Å². The van der Waals surface area contributed by atoms with Gasteiger partial charge in [-0.15, -0.1) is 0 Å². The van der Waals surface area contributed by atoms with Gasteiger partial charge in [0.1, 0.15) is 0 Å². The number of hydrogen-bond acceptors (Lipinski definition) is 5. The van der Waals surface area contributed by atoms with Gasteiger partial charge >= 0.3 is 0 Å². The summed E-state index contributed by atoms with van der Waals surface area (Å²) in [5.41, 5.74) is 5.27. The van der Waals surface area contributed by atoms with E-state index < -0.39 is 0 Å². The van der Waals surface area contributed by atoms with E-state index in [1.54, 1.807) is 13.1 Å². The van der Waals surface area contributed by atoms with Crippen LogP contribution in [0.4, 0.5) is 11.9 Å². The van der Waals surface area contributed by atoms with E-state index >= 15 is 0 Å². The van der Waals surface area contributed by atoms with E-state index in [-0.39, 0.29) is 17.2 Å². The van der Waals surface area contributed by atoms with Crippen molar-refractivity contribution < 1.29 is 0 Å². The predicted molar refractivity (Wildman–Crippen MR) is 43.1 cm³/mol. The lowest BCUT2D eigenvalue weighted by Crippen LogP contribution is -1.96. The lowest BCUT2D eigenvalue weighted by atomic mass is 10.8. The number of nitrogens with two attached hydrogens (primary N) is 1. The molecule has 58 valence electrons. The van der Waals surface area contributed by atoms with Crippen LogP contribution >= 0.6 is 11.6 Å². The minimum atomic E-state index is 0.0538. The second kappa shape index (κ2) is 3.25. The molecule has 0 aliphatic carbocycles. The van der Waals surface area contributed by atoms with Gasteiger partial charge in [0.25, 0.3) is 5.95 Å². The Balaban J connectivity index is 3.08.